The molecule has 2 aromatic rings. The normalized spacial score (nSPS) is 17.4. The average Bonchev–Trinajstić information content (AvgIpc) is 2.72. The first kappa shape index (κ1) is 11.7. The lowest BCUT2D eigenvalue weighted by Crippen LogP contribution is -2.28. The fourth-order valence-electron chi connectivity index (χ4n) is 2.55. The van der Waals surface area contributed by atoms with Gasteiger partial charge in [0.2, 0.25) is 5.91 Å². The number of likely N-dealkylation sites (N-methyl/N-ethyl adjacent to an activating group) is 1. The number of amides is 1. The molecule has 3 rings (SSSR count). The zero-order valence-corrected chi connectivity index (χ0v) is 10.6. The van der Waals surface area contributed by atoms with Gasteiger partial charge in [-0.15, -0.1) is 0 Å². The molecule has 0 radical (unpaired) electrons. The minimum atomic E-state index is -0.483. The molecule has 3 heteroatoms. The van der Waals surface area contributed by atoms with Crippen LogP contribution in [0.15, 0.2) is 54.6 Å². The van der Waals surface area contributed by atoms with Gasteiger partial charge in [-0.1, -0.05) is 48.5 Å². The highest BCUT2D eigenvalue weighted by Gasteiger charge is 2.37. The topological polar surface area (TPSA) is 44.2 Å². The number of rotatable bonds is 2. The molecule has 1 unspecified atom stereocenters. The Morgan fingerprint density at radius 2 is 1.68 bits per heavy atom. The van der Waals surface area contributed by atoms with Crippen molar-refractivity contribution in [2.75, 3.05) is 11.9 Å². The number of carbonyl (C=O) groups excluding carboxylic acids is 1. The highest BCUT2D eigenvalue weighted by molar-refractivity contribution is 6.23. The van der Waals surface area contributed by atoms with Crippen molar-refractivity contribution in [1.29, 1.82) is 5.41 Å². The second-order valence-electron chi connectivity index (χ2n) is 4.67. The fourth-order valence-corrected chi connectivity index (χ4v) is 2.55. The highest BCUT2D eigenvalue weighted by Crippen LogP contribution is 2.37. The van der Waals surface area contributed by atoms with Crippen molar-refractivity contribution in [3.63, 3.8) is 0 Å². The lowest BCUT2D eigenvalue weighted by atomic mass is 9.91. The van der Waals surface area contributed by atoms with Crippen LogP contribution in [-0.2, 0) is 4.79 Å². The second-order valence-corrected chi connectivity index (χ2v) is 4.67. The summed E-state index contributed by atoms with van der Waals surface area (Å²) in [5, 5.41) is 8.33. The molecule has 0 aromatic heterocycles. The van der Waals surface area contributed by atoms with E-state index < -0.39 is 5.92 Å². The Morgan fingerprint density at radius 3 is 2.42 bits per heavy atom. The number of nitrogens with zero attached hydrogens (tertiary/aromatic N) is 1. The summed E-state index contributed by atoms with van der Waals surface area (Å²) in [5.74, 6) is -0.515. The lowest BCUT2D eigenvalue weighted by molar-refractivity contribution is -0.117. The van der Waals surface area contributed by atoms with Crippen LogP contribution < -0.4 is 4.90 Å². The molecule has 0 saturated carbocycles. The van der Waals surface area contributed by atoms with Gasteiger partial charge in [0.1, 0.15) is 5.92 Å². The number of fused-ring (bicyclic) bond motifs is 1. The first-order valence-electron chi connectivity index (χ1n) is 6.20. The van der Waals surface area contributed by atoms with E-state index in [-0.39, 0.29) is 5.91 Å². The van der Waals surface area contributed by atoms with Crippen molar-refractivity contribution in [3.05, 3.63) is 65.7 Å². The maximum atomic E-state index is 12.4. The molecular weight excluding hydrogens is 236 g/mol. The van der Waals surface area contributed by atoms with Gasteiger partial charge < -0.3 is 10.3 Å². The third-order valence-corrected chi connectivity index (χ3v) is 3.56. The van der Waals surface area contributed by atoms with Crippen molar-refractivity contribution < 1.29 is 4.79 Å². The summed E-state index contributed by atoms with van der Waals surface area (Å²) < 4.78 is 0. The largest absolute Gasteiger partial charge is 0.314 e. The summed E-state index contributed by atoms with van der Waals surface area (Å²) in [4.78, 5) is 14.0. The Bertz CT molecular complexity index is 649. The molecule has 1 amide bonds. The molecule has 94 valence electrons. The first-order chi connectivity index (χ1) is 9.20. The van der Waals surface area contributed by atoms with Gasteiger partial charge in [0.25, 0.3) is 0 Å². The highest BCUT2D eigenvalue weighted by atomic mass is 16.2. The zero-order chi connectivity index (χ0) is 13.4. The van der Waals surface area contributed by atoms with E-state index in [9.17, 15) is 4.79 Å². The molecule has 1 heterocycles. The molecule has 1 aliphatic rings. The molecule has 3 nitrogen and oxygen atoms in total. The third-order valence-electron chi connectivity index (χ3n) is 3.56. The number of nitrogens with one attached hydrogen (secondary N) is 1. The molecule has 1 N–H and O–H groups in total. The van der Waals surface area contributed by atoms with Crippen LogP contribution in [-0.4, -0.2) is 18.7 Å². The van der Waals surface area contributed by atoms with Crippen LogP contribution in [0, 0.1) is 5.41 Å². The van der Waals surface area contributed by atoms with Crippen molar-refractivity contribution in [2.45, 2.75) is 5.92 Å². The van der Waals surface area contributed by atoms with Gasteiger partial charge in [0.15, 0.2) is 0 Å². The summed E-state index contributed by atoms with van der Waals surface area (Å²) >= 11 is 0. The number of anilines is 1. The van der Waals surface area contributed by atoms with E-state index in [4.69, 9.17) is 5.41 Å². The molecular formula is C16H14N2O. The summed E-state index contributed by atoms with van der Waals surface area (Å²) in [5.41, 5.74) is 2.98. The molecule has 0 spiro atoms. The van der Waals surface area contributed by atoms with Crippen molar-refractivity contribution in [1.82, 2.24) is 0 Å². The van der Waals surface area contributed by atoms with Crippen LogP contribution in [0.1, 0.15) is 17.0 Å². The van der Waals surface area contributed by atoms with Crippen LogP contribution in [0.25, 0.3) is 0 Å². The maximum absolute atomic E-state index is 12.4. The number of benzene rings is 2. The van der Waals surface area contributed by atoms with Gasteiger partial charge in [-0.2, -0.15) is 0 Å². The summed E-state index contributed by atoms with van der Waals surface area (Å²) in [6, 6.07) is 17.1. The van der Waals surface area contributed by atoms with Gasteiger partial charge in [-0.05, 0) is 17.2 Å². The number of hydrogen-bond acceptors (Lipinski definition) is 2. The van der Waals surface area contributed by atoms with Crippen molar-refractivity contribution in [3.8, 4) is 0 Å². The maximum Gasteiger partial charge on any atom is 0.240 e. The van der Waals surface area contributed by atoms with Gasteiger partial charge in [0.05, 0.1) is 5.71 Å². The van der Waals surface area contributed by atoms with E-state index >= 15 is 0 Å². The monoisotopic (exact) mass is 250 g/mol. The van der Waals surface area contributed by atoms with Crippen LogP contribution in [0.3, 0.4) is 0 Å². The number of carbonyl (C=O) groups is 1. The Morgan fingerprint density at radius 1 is 1.05 bits per heavy atom. The quantitative estimate of drug-likeness (QED) is 0.818. The Kier molecular flexibility index (Phi) is 2.67. The summed E-state index contributed by atoms with van der Waals surface area (Å²) in [6.07, 6.45) is 0. The average molecular weight is 250 g/mol. The van der Waals surface area contributed by atoms with Crippen LogP contribution in [0.5, 0.6) is 0 Å². The molecule has 0 saturated heterocycles. The predicted molar refractivity (Wildman–Crippen MR) is 75.9 cm³/mol. The minimum Gasteiger partial charge on any atom is -0.314 e. The minimum absolute atomic E-state index is 0.0324. The number of para-hydroxylation sites is 1. The van der Waals surface area contributed by atoms with E-state index in [1.807, 2.05) is 54.6 Å². The summed E-state index contributed by atoms with van der Waals surface area (Å²) in [6.45, 7) is 0. The lowest BCUT2D eigenvalue weighted by Gasteiger charge is -2.12. The van der Waals surface area contributed by atoms with Gasteiger partial charge >= 0.3 is 0 Å². The van der Waals surface area contributed by atoms with E-state index in [2.05, 4.69) is 0 Å². The van der Waals surface area contributed by atoms with Crippen molar-refractivity contribution >= 4 is 17.3 Å². The molecule has 19 heavy (non-hydrogen) atoms. The molecule has 2 aromatic carbocycles. The molecule has 0 bridgehead atoms. The van der Waals surface area contributed by atoms with Gasteiger partial charge in [-0.3, -0.25) is 4.79 Å². The van der Waals surface area contributed by atoms with Gasteiger partial charge in [0, 0.05) is 12.7 Å². The Balaban J connectivity index is 2.07. The number of hydrogen-bond donors (Lipinski definition) is 1. The molecule has 1 atom stereocenters. The second kappa shape index (κ2) is 4.35. The first-order valence-corrected chi connectivity index (χ1v) is 6.20. The molecule has 1 aliphatic heterocycles. The van der Waals surface area contributed by atoms with E-state index in [1.54, 1.807) is 11.9 Å². The predicted octanol–water partition coefficient (Wildman–Crippen LogP) is 2.81. The van der Waals surface area contributed by atoms with Crippen LogP contribution >= 0.6 is 0 Å². The smallest absolute Gasteiger partial charge is 0.240 e. The fraction of sp³-hybridized carbons (Fsp3) is 0.125. The zero-order valence-electron chi connectivity index (χ0n) is 10.6. The SMILES string of the molecule is CN1C(=O)C(C(=N)c2ccccc2)c2ccccc21. The van der Waals surface area contributed by atoms with E-state index in [0.29, 0.717) is 5.71 Å². The Hall–Kier alpha value is -2.42. The molecule has 0 fully saturated rings. The standard InChI is InChI=1S/C16H14N2O/c1-18-13-10-6-5-9-12(13)14(16(18)19)15(17)11-7-3-2-4-8-11/h2-10,14,17H,1H3. The summed E-state index contributed by atoms with van der Waals surface area (Å²) in [7, 11) is 1.76. The van der Waals surface area contributed by atoms with Gasteiger partial charge in [-0.25, -0.2) is 0 Å². The van der Waals surface area contributed by atoms with E-state index in [1.165, 1.54) is 0 Å². The van der Waals surface area contributed by atoms with Crippen LogP contribution in [0.4, 0.5) is 5.69 Å². The van der Waals surface area contributed by atoms with Crippen LogP contribution in [0.2, 0.25) is 0 Å². The Labute approximate surface area is 112 Å². The van der Waals surface area contributed by atoms with E-state index in [0.717, 1.165) is 16.8 Å². The van der Waals surface area contributed by atoms with Crippen molar-refractivity contribution in [2.24, 2.45) is 0 Å². The third kappa shape index (κ3) is 1.74. The molecule has 0 aliphatic carbocycles.